The van der Waals surface area contributed by atoms with Crippen LogP contribution < -0.4 is 10.3 Å². The van der Waals surface area contributed by atoms with Crippen molar-refractivity contribution in [1.29, 1.82) is 0 Å². The molecule has 0 unspecified atom stereocenters. The second-order valence-electron chi connectivity index (χ2n) is 5.49. The summed E-state index contributed by atoms with van der Waals surface area (Å²) >= 11 is 0. The molecule has 0 saturated heterocycles. The second-order valence-corrected chi connectivity index (χ2v) is 5.49. The number of hydrogen-bond acceptors (Lipinski definition) is 3. The molecule has 0 aliphatic carbocycles. The Morgan fingerprint density at radius 1 is 1.17 bits per heavy atom. The van der Waals surface area contributed by atoms with Crippen molar-refractivity contribution < 1.29 is 4.74 Å². The molecule has 122 valence electrons. The van der Waals surface area contributed by atoms with Crippen molar-refractivity contribution in [2.24, 2.45) is 0 Å². The van der Waals surface area contributed by atoms with E-state index in [4.69, 9.17) is 4.74 Å². The zero-order valence-electron chi connectivity index (χ0n) is 13.9. The molecule has 0 N–H and O–H groups in total. The van der Waals surface area contributed by atoms with Crippen molar-refractivity contribution in [3.8, 4) is 16.9 Å². The van der Waals surface area contributed by atoms with Gasteiger partial charge in [0.05, 0.1) is 12.7 Å². The molecule has 0 bridgehead atoms. The fourth-order valence-electron chi connectivity index (χ4n) is 2.84. The summed E-state index contributed by atoms with van der Waals surface area (Å²) in [4.78, 5) is 17.5. The molecule has 1 aromatic carbocycles. The average molecular weight is 320 g/mol. The molecule has 0 saturated carbocycles. The number of pyridine rings is 2. The number of nitrogens with zero attached hydrogens (tertiary/aromatic N) is 2. The van der Waals surface area contributed by atoms with Crippen molar-refractivity contribution in [2.75, 3.05) is 7.11 Å². The second kappa shape index (κ2) is 7.13. The number of para-hydroxylation sites is 1. The summed E-state index contributed by atoms with van der Waals surface area (Å²) in [5.74, 6) is 0.692. The van der Waals surface area contributed by atoms with Crippen LogP contribution in [-0.2, 0) is 6.54 Å². The average Bonchev–Trinajstić information content (AvgIpc) is 2.63. The lowest BCUT2D eigenvalue weighted by Crippen LogP contribution is -2.23. The molecular weight excluding hydrogens is 300 g/mol. The summed E-state index contributed by atoms with van der Waals surface area (Å²) in [5.41, 5.74) is 2.10. The van der Waals surface area contributed by atoms with Crippen molar-refractivity contribution in [2.45, 2.75) is 19.9 Å². The summed E-state index contributed by atoms with van der Waals surface area (Å²) in [6.07, 6.45) is 6.55. The van der Waals surface area contributed by atoms with Gasteiger partial charge in [-0.25, -0.2) is 4.98 Å². The highest BCUT2D eigenvalue weighted by Gasteiger charge is 2.14. The van der Waals surface area contributed by atoms with Gasteiger partial charge in [0.2, 0.25) is 0 Å². The number of rotatable bonds is 5. The van der Waals surface area contributed by atoms with Crippen molar-refractivity contribution >= 4 is 11.0 Å². The third-order valence-electron chi connectivity index (χ3n) is 4.00. The Morgan fingerprint density at radius 2 is 2.00 bits per heavy atom. The van der Waals surface area contributed by atoms with Gasteiger partial charge in [-0.05, 0) is 37.6 Å². The molecule has 2 aromatic heterocycles. The normalized spacial score (nSPS) is 11.2. The molecule has 0 aliphatic heterocycles. The Bertz CT molecular complexity index is 942. The number of hydrogen-bond donors (Lipinski definition) is 0. The topological polar surface area (TPSA) is 44.1 Å². The summed E-state index contributed by atoms with van der Waals surface area (Å²) < 4.78 is 7.18. The summed E-state index contributed by atoms with van der Waals surface area (Å²) in [7, 11) is 1.62. The summed E-state index contributed by atoms with van der Waals surface area (Å²) in [6, 6.07) is 13.3. The minimum Gasteiger partial charge on any atom is -0.496 e. The lowest BCUT2D eigenvalue weighted by atomic mass is 10.0. The molecule has 4 heteroatoms. The number of methoxy groups -OCH3 is 1. The van der Waals surface area contributed by atoms with E-state index in [-0.39, 0.29) is 5.56 Å². The molecule has 0 amide bonds. The first kappa shape index (κ1) is 16.0. The van der Waals surface area contributed by atoms with Gasteiger partial charge in [-0.3, -0.25) is 9.36 Å². The highest BCUT2D eigenvalue weighted by atomic mass is 16.5. The summed E-state index contributed by atoms with van der Waals surface area (Å²) in [5, 5.41) is 0.943. The number of benzene rings is 1. The number of fused-ring (bicyclic) bond motifs is 1. The van der Waals surface area contributed by atoms with Crippen LogP contribution in [0.1, 0.15) is 13.3 Å². The first-order chi connectivity index (χ1) is 11.8. The van der Waals surface area contributed by atoms with E-state index in [0.29, 0.717) is 23.5 Å². The van der Waals surface area contributed by atoms with Gasteiger partial charge in [-0.15, -0.1) is 0 Å². The van der Waals surface area contributed by atoms with Gasteiger partial charge in [0.15, 0.2) is 0 Å². The molecule has 0 spiro atoms. The van der Waals surface area contributed by atoms with Crippen LogP contribution in [0.4, 0.5) is 0 Å². The Balaban J connectivity index is 2.26. The standard InChI is InChI=1S/C20H20N2O2/c1-3-4-7-13-22-19-15(9-8-12-21-19)14-17(20(22)23)16-10-5-6-11-18(16)24-2/h3-6,8-12,14H,7,13H2,1-2H3. The largest absolute Gasteiger partial charge is 0.496 e. The quantitative estimate of drug-likeness (QED) is 0.666. The number of aromatic nitrogens is 2. The van der Waals surface area contributed by atoms with Crippen LogP contribution in [0.2, 0.25) is 0 Å². The fourth-order valence-corrected chi connectivity index (χ4v) is 2.84. The van der Waals surface area contributed by atoms with E-state index in [1.54, 1.807) is 17.9 Å². The SMILES string of the molecule is CC=CCCn1c(=O)c(-c2ccccc2OC)cc2cccnc21. The van der Waals surface area contributed by atoms with E-state index < -0.39 is 0 Å². The predicted octanol–water partition coefficient (Wildman–Crippen LogP) is 4.04. The van der Waals surface area contributed by atoms with Gasteiger partial charge in [0.1, 0.15) is 11.4 Å². The highest BCUT2D eigenvalue weighted by Crippen LogP contribution is 2.28. The molecule has 0 radical (unpaired) electrons. The number of aryl methyl sites for hydroxylation is 1. The first-order valence-electron chi connectivity index (χ1n) is 7.99. The lowest BCUT2D eigenvalue weighted by Gasteiger charge is -2.13. The first-order valence-corrected chi connectivity index (χ1v) is 7.99. The molecule has 3 aromatic rings. The monoisotopic (exact) mass is 320 g/mol. The van der Waals surface area contributed by atoms with Gasteiger partial charge in [0.25, 0.3) is 5.56 Å². The maximum Gasteiger partial charge on any atom is 0.260 e. The molecule has 4 nitrogen and oxygen atoms in total. The van der Waals surface area contributed by atoms with Crippen LogP contribution in [0, 0.1) is 0 Å². The lowest BCUT2D eigenvalue weighted by molar-refractivity contribution is 0.416. The Morgan fingerprint density at radius 3 is 2.79 bits per heavy atom. The summed E-state index contributed by atoms with van der Waals surface area (Å²) in [6.45, 7) is 2.57. The van der Waals surface area contributed by atoms with Crippen LogP contribution in [0.25, 0.3) is 22.2 Å². The predicted molar refractivity (Wildman–Crippen MR) is 97.4 cm³/mol. The highest BCUT2D eigenvalue weighted by molar-refractivity contribution is 5.82. The molecule has 0 atom stereocenters. The van der Waals surface area contributed by atoms with Crippen molar-refractivity contribution in [3.05, 3.63) is 71.2 Å². The van der Waals surface area contributed by atoms with Crippen LogP contribution in [0.15, 0.2) is 65.6 Å². The molecular formula is C20H20N2O2. The van der Waals surface area contributed by atoms with Gasteiger partial charge in [-0.2, -0.15) is 0 Å². The van der Waals surface area contributed by atoms with Crippen LogP contribution in [-0.4, -0.2) is 16.7 Å². The van der Waals surface area contributed by atoms with Gasteiger partial charge < -0.3 is 4.74 Å². The van der Waals surface area contributed by atoms with E-state index in [1.165, 1.54) is 0 Å². The van der Waals surface area contributed by atoms with Gasteiger partial charge in [0, 0.05) is 23.7 Å². The van der Waals surface area contributed by atoms with Crippen LogP contribution in [0.5, 0.6) is 5.75 Å². The van der Waals surface area contributed by atoms with Gasteiger partial charge in [-0.1, -0.05) is 30.4 Å². The van der Waals surface area contributed by atoms with E-state index in [2.05, 4.69) is 11.1 Å². The van der Waals surface area contributed by atoms with E-state index in [1.807, 2.05) is 55.5 Å². The minimum absolute atomic E-state index is 0.0461. The maximum atomic E-state index is 13.1. The molecule has 2 heterocycles. The molecule has 24 heavy (non-hydrogen) atoms. The number of allylic oxidation sites excluding steroid dienone is 2. The van der Waals surface area contributed by atoms with Crippen LogP contribution >= 0.6 is 0 Å². The third kappa shape index (κ3) is 2.95. The third-order valence-corrected chi connectivity index (χ3v) is 4.00. The Hall–Kier alpha value is -2.88. The van der Waals surface area contributed by atoms with Crippen LogP contribution in [0.3, 0.4) is 0 Å². The Kier molecular flexibility index (Phi) is 4.75. The number of ether oxygens (including phenoxy) is 1. The van der Waals surface area contributed by atoms with Crippen molar-refractivity contribution in [1.82, 2.24) is 9.55 Å². The van der Waals surface area contributed by atoms with E-state index >= 15 is 0 Å². The smallest absolute Gasteiger partial charge is 0.260 e. The van der Waals surface area contributed by atoms with Gasteiger partial charge >= 0.3 is 0 Å². The maximum absolute atomic E-state index is 13.1. The molecule has 3 rings (SSSR count). The zero-order valence-corrected chi connectivity index (χ0v) is 13.9. The van der Waals surface area contributed by atoms with E-state index in [9.17, 15) is 4.79 Å². The molecule has 0 aliphatic rings. The zero-order chi connectivity index (χ0) is 16.9. The van der Waals surface area contributed by atoms with Crippen molar-refractivity contribution in [3.63, 3.8) is 0 Å². The minimum atomic E-state index is -0.0461. The fraction of sp³-hybridized carbons (Fsp3) is 0.200. The van der Waals surface area contributed by atoms with E-state index in [0.717, 1.165) is 17.4 Å². The molecule has 0 fully saturated rings. The Labute approximate surface area is 141 Å².